The molecule has 1 aromatic carbocycles. The molecule has 1 saturated carbocycles. The molecule has 1 aliphatic rings. The van der Waals surface area contributed by atoms with Crippen molar-refractivity contribution in [2.75, 3.05) is 27.3 Å². The Morgan fingerprint density at radius 1 is 1.35 bits per heavy atom. The van der Waals surface area contributed by atoms with Crippen molar-refractivity contribution in [2.24, 2.45) is 5.92 Å². The Morgan fingerprint density at radius 3 is 2.47 bits per heavy atom. The molecule has 0 bridgehead atoms. The minimum absolute atomic E-state index is 0.0986. The summed E-state index contributed by atoms with van der Waals surface area (Å²) < 4.78 is 5.14. The van der Waals surface area contributed by atoms with Crippen molar-refractivity contribution < 1.29 is 9.84 Å². The van der Waals surface area contributed by atoms with Crippen molar-refractivity contribution in [3.05, 3.63) is 29.8 Å². The predicted molar refractivity (Wildman–Crippen MR) is 68.2 cm³/mol. The Kier molecular flexibility index (Phi) is 4.02. The van der Waals surface area contributed by atoms with Gasteiger partial charge in [-0.15, -0.1) is 0 Å². The van der Waals surface area contributed by atoms with Crippen LogP contribution in [-0.2, 0) is 0 Å². The molecule has 1 aliphatic carbocycles. The number of ether oxygens (including phenoxy) is 1. The van der Waals surface area contributed by atoms with Crippen LogP contribution >= 0.6 is 0 Å². The van der Waals surface area contributed by atoms with Crippen LogP contribution in [0.4, 0.5) is 0 Å². The van der Waals surface area contributed by atoms with Crippen LogP contribution < -0.4 is 4.74 Å². The first-order valence-corrected chi connectivity index (χ1v) is 6.19. The Labute approximate surface area is 103 Å². The maximum atomic E-state index is 9.54. The minimum Gasteiger partial charge on any atom is -0.497 e. The molecule has 1 fully saturated rings. The van der Waals surface area contributed by atoms with Crippen LogP contribution in [-0.4, -0.2) is 37.3 Å². The lowest BCUT2D eigenvalue weighted by atomic mass is 10.1. The van der Waals surface area contributed by atoms with E-state index in [1.807, 2.05) is 24.3 Å². The van der Waals surface area contributed by atoms with E-state index in [0.29, 0.717) is 0 Å². The van der Waals surface area contributed by atoms with Gasteiger partial charge in [0.15, 0.2) is 0 Å². The molecule has 17 heavy (non-hydrogen) atoms. The van der Waals surface area contributed by atoms with Gasteiger partial charge in [0.1, 0.15) is 5.75 Å². The summed E-state index contributed by atoms with van der Waals surface area (Å²) in [6.45, 7) is 1.24. The quantitative estimate of drug-likeness (QED) is 0.819. The number of likely N-dealkylation sites (N-methyl/N-ethyl adjacent to an activating group) is 1. The summed E-state index contributed by atoms with van der Waals surface area (Å²) in [6.07, 6.45) is 2.68. The van der Waals surface area contributed by atoms with Crippen molar-refractivity contribution in [1.82, 2.24) is 4.90 Å². The van der Waals surface area contributed by atoms with E-state index in [4.69, 9.17) is 4.74 Å². The number of rotatable bonds is 6. The van der Waals surface area contributed by atoms with E-state index in [-0.39, 0.29) is 12.6 Å². The molecule has 3 heteroatoms. The zero-order valence-corrected chi connectivity index (χ0v) is 10.6. The smallest absolute Gasteiger partial charge is 0.118 e. The molecule has 1 aromatic rings. The number of hydrogen-bond donors (Lipinski definition) is 1. The molecule has 0 radical (unpaired) electrons. The van der Waals surface area contributed by atoms with Crippen LogP contribution in [0.25, 0.3) is 0 Å². The summed E-state index contributed by atoms with van der Waals surface area (Å²) in [6, 6.07) is 8.06. The molecule has 0 saturated heterocycles. The Morgan fingerprint density at radius 2 is 2.00 bits per heavy atom. The molecule has 1 unspecified atom stereocenters. The Balaban J connectivity index is 2.04. The number of hydrogen-bond acceptors (Lipinski definition) is 3. The molecule has 1 N–H and O–H groups in total. The summed E-state index contributed by atoms with van der Waals surface area (Å²) in [5.74, 6) is 1.70. The predicted octanol–water partition coefficient (Wildman–Crippen LogP) is 2.07. The van der Waals surface area contributed by atoms with Crippen LogP contribution in [0.5, 0.6) is 5.75 Å². The fraction of sp³-hybridized carbons (Fsp3) is 0.571. The standard InChI is InChI=1S/C14H21NO2/c1-15(9-11-3-4-11)14(10-16)12-5-7-13(17-2)8-6-12/h5-8,11,14,16H,3-4,9-10H2,1-2H3. The first-order chi connectivity index (χ1) is 8.24. The van der Waals surface area contributed by atoms with Gasteiger partial charge in [0.05, 0.1) is 19.8 Å². The molecule has 94 valence electrons. The SMILES string of the molecule is COc1ccc(C(CO)N(C)CC2CC2)cc1. The van der Waals surface area contributed by atoms with Crippen molar-refractivity contribution in [3.8, 4) is 5.75 Å². The second-order valence-electron chi connectivity index (χ2n) is 4.85. The van der Waals surface area contributed by atoms with E-state index < -0.39 is 0 Å². The van der Waals surface area contributed by atoms with E-state index in [9.17, 15) is 5.11 Å². The number of methoxy groups -OCH3 is 1. The van der Waals surface area contributed by atoms with Gasteiger partial charge < -0.3 is 9.84 Å². The normalized spacial score (nSPS) is 17.2. The lowest BCUT2D eigenvalue weighted by molar-refractivity contribution is 0.143. The van der Waals surface area contributed by atoms with Gasteiger partial charge in [0, 0.05) is 6.54 Å². The second-order valence-corrected chi connectivity index (χ2v) is 4.85. The zero-order chi connectivity index (χ0) is 12.3. The van der Waals surface area contributed by atoms with Gasteiger partial charge >= 0.3 is 0 Å². The summed E-state index contributed by atoms with van der Waals surface area (Å²) >= 11 is 0. The highest BCUT2D eigenvalue weighted by Crippen LogP contribution is 2.32. The van der Waals surface area contributed by atoms with Crippen LogP contribution in [0.2, 0.25) is 0 Å². The van der Waals surface area contributed by atoms with Gasteiger partial charge in [-0.25, -0.2) is 0 Å². The lowest BCUT2D eigenvalue weighted by Gasteiger charge is -2.26. The summed E-state index contributed by atoms with van der Waals surface area (Å²) in [7, 11) is 3.75. The van der Waals surface area contributed by atoms with Gasteiger partial charge in [-0.1, -0.05) is 12.1 Å². The highest BCUT2D eigenvalue weighted by atomic mass is 16.5. The second kappa shape index (κ2) is 5.52. The number of nitrogens with zero attached hydrogens (tertiary/aromatic N) is 1. The molecule has 0 aliphatic heterocycles. The fourth-order valence-corrected chi connectivity index (χ4v) is 2.16. The van der Waals surface area contributed by atoms with Crippen molar-refractivity contribution >= 4 is 0 Å². The van der Waals surface area contributed by atoms with E-state index in [0.717, 1.165) is 23.8 Å². The summed E-state index contributed by atoms with van der Waals surface area (Å²) in [5.41, 5.74) is 1.15. The maximum Gasteiger partial charge on any atom is 0.118 e. The molecule has 3 nitrogen and oxygen atoms in total. The van der Waals surface area contributed by atoms with Crippen molar-refractivity contribution in [1.29, 1.82) is 0 Å². The van der Waals surface area contributed by atoms with Gasteiger partial charge in [-0.05, 0) is 43.5 Å². The first-order valence-electron chi connectivity index (χ1n) is 6.19. The van der Waals surface area contributed by atoms with Crippen molar-refractivity contribution in [2.45, 2.75) is 18.9 Å². The molecule has 0 aromatic heterocycles. The number of aliphatic hydroxyl groups excluding tert-OH is 1. The third kappa shape index (κ3) is 3.20. The average molecular weight is 235 g/mol. The van der Waals surface area contributed by atoms with Gasteiger partial charge in [-0.3, -0.25) is 4.90 Å². The van der Waals surface area contributed by atoms with Crippen LogP contribution in [0.15, 0.2) is 24.3 Å². The summed E-state index contributed by atoms with van der Waals surface area (Å²) in [5, 5.41) is 9.54. The molecular weight excluding hydrogens is 214 g/mol. The molecule has 0 spiro atoms. The molecule has 2 rings (SSSR count). The molecule has 0 amide bonds. The molecule has 0 heterocycles. The highest BCUT2D eigenvalue weighted by Gasteiger charge is 2.26. The number of aliphatic hydroxyl groups is 1. The largest absolute Gasteiger partial charge is 0.497 e. The average Bonchev–Trinajstić information content (AvgIpc) is 3.15. The van der Waals surface area contributed by atoms with Gasteiger partial charge in [-0.2, -0.15) is 0 Å². The fourth-order valence-electron chi connectivity index (χ4n) is 2.16. The monoisotopic (exact) mass is 235 g/mol. The van der Waals surface area contributed by atoms with E-state index in [2.05, 4.69) is 11.9 Å². The highest BCUT2D eigenvalue weighted by molar-refractivity contribution is 5.29. The Bertz CT molecular complexity index is 346. The van der Waals surface area contributed by atoms with Gasteiger partial charge in [0.25, 0.3) is 0 Å². The Hall–Kier alpha value is -1.06. The molecule has 1 atom stereocenters. The number of benzene rings is 1. The minimum atomic E-state index is 0.0986. The topological polar surface area (TPSA) is 32.7 Å². The summed E-state index contributed by atoms with van der Waals surface area (Å²) in [4.78, 5) is 2.25. The maximum absolute atomic E-state index is 9.54. The van der Waals surface area contributed by atoms with Crippen molar-refractivity contribution in [3.63, 3.8) is 0 Å². The first kappa shape index (κ1) is 12.4. The van der Waals surface area contributed by atoms with Gasteiger partial charge in [0.2, 0.25) is 0 Å². The zero-order valence-electron chi connectivity index (χ0n) is 10.6. The third-order valence-electron chi connectivity index (χ3n) is 3.45. The van der Waals surface area contributed by atoms with E-state index in [1.165, 1.54) is 12.8 Å². The van der Waals surface area contributed by atoms with E-state index >= 15 is 0 Å². The van der Waals surface area contributed by atoms with Crippen LogP contribution in [0.1, 0.15) is 24.4 Å². The van der Waals surface area contributed by atoms with E-state index in [1.54, 1.807) is 7.11 Å². The third-order valence-corrected chi connectivity index (χ3v) is 3.45. The molecular formula is C14H21NO2. The van der Waals surface area contributed by atoms with Crippen LogP contribution in [0.3, 0.4) is 0 Å². The van der Waals surface area contributed by atoms with Crippen LogP contribution in [0, 0.1) is 5.92 Å². The lowest BCUT2D eigenvalue weighted by Crippen LogP contribution is -2.29.